The Bertz CT molecular complexity index is 792. The standard InChI is InChI=1S/C16H16N6/c1-2-10-22(9-1)16-20-14(11-18-21-16)19-13-7-3-5-12-6-4-8-17-15(12)13/h3-8,11H,1-2,9-10H2,(H,19,20,21). The molecule has 0 spiro atoms. The number of fused-ring (bicyclic) bond motifs is 1. The number of hydrogen-bond donors (Lipinski definition) is 1. The van der Waals surface area contributed by atoms with Crippen LogP contribution in [-0.4, -0.2) is 33.3 Å². The summed E-state index contributed by atoms with van der Waals surface area (Å²) >= 11 is 0. The lowest BCUT2D eigenvalue weighted by atomic mass is 10.2. The normalized spacial score (nSPS) is 14.5. The third kappa shape index (κ3) is 2.43. The zero-order chi connectivity index (χ0) is 14.8. The molecule has 3 aromatic rings. The molecule has 110 valence electrons. The van der Waals surface area contributed by atoms with Crippen LogP contribution in [0, 0.1) is 0 Å². The molecule has 0 bridgehead atoms. The first kappa shape index (κ1) is 12.9. The molecule has 1 N–H and O–H groups in total. The summed E-state index contributed by atoms with van der Waals surface area (Å²) in [4.78, 5) is 11.2. The van der Waals surface area contributed by atoms with Crippen LogP contribution in [-0.2, 0) is 0 Å². The van der Waals surface area contributed by atoms with Gasteiger partial charge in [-0.1, -0.05) is 18.2 Å². The molecule has 1 aromatic carbocycles. The van der Waals surface area contributed by atoms with E-state index >= 15 is 0 Å². The first-order valence-corrected chi connectivity index (χ1v) is 7.45. The summed E-state index contributed by atoms with van der Waals surface area (Å²) in [6.45, 7) is 2.00. The molecule has 0 aliphatic carbocycles. The maximum atomic E-state index is 4.57. The Morgan fingerprint density at radius 1 is 1.05 bits per heavy atom. The van der Waals surface area contributed by atoms with Crippen molar-refractivity contribution >= 4 is 28.4 Å². The molecule has 1 aliphatic heterocycles. The Balaban J connectivity index is 1.66. The number of aromatic nitrogens is 4. The molecule has 4 rings (SSSR count). The predicted molar refractivity (Wildman–Crippen MR) is 86.3 cm³/mol. The van der Waals surface area contributed by atoms with Gasteiger partial charge in [-0.15, -0.1) is 5.10 Å². The van der Waals surface area contributed by atoms with Crippen molar-refractivity contribution in [2.75, 3.05) is 23.3 Å². The van der Waals surface area contributed by atoms with Crippen LogP contribution in [0.5, 0.6) is 0 Å². The van der Waals surface area contributed by atoms with Crippen LogP contribution >= 0.6 is 0 Å². The molecule has 6 heteroatoms. The Labute approximate surface area is 128 Å². The largest absolute Gasteiger partial charge is 0.339 e. The maximum absolute atomic E-state index is 4.57. The van der Waals surface area contributed by atoms with Crippen molar-refractivity contribution in [3.05, 3.63) is 42.7 Å². The first-order chi connectivity index (χ1) is 10.9. The second-order valence-electron chi connectivity index (χ2n) is 5.34. The van der Waals surface area contributed by atoms with Crippen molar-refractivity contribution in [1.82, 2.24) is 20.2 Å². The van der Waals surface area contributed by atoms with Gasteiger partial charge in [0.25, 0.3) is 0 Å². The number of benzene rings is 1. The minimum absolute atomic E-state index is 0.690. The van der Waals surface area contributed by atoms with E-state index in [0.717, 1.165) is 29.7 Å². The molecule has 1 fully saturated rings. The summed E-state index contributed by atoms with van der Waals surface area (Å²) in [5.41, 5.74) is 1.84. The Morgan fingerprint density at radius 3 is 2.82 bits per heavy atom. The molecule has 0 unspecified atom stereocenters. The van der Waals surface area contributed by atoms with Crippen molar-refractivity contribution in [3.63, 3.8) is 0 Å². The maximum Gasteiger partial charge on any atom is 0.247 e. The van der Waals surface area contributed by atoms with Crippen LogP contribution in [0.15, 0.2) is 42.7 Å². The summed E-state index contributed by atoms with van der Waals surface area (Å²) in [5.74, 6) is 1.38. The average molecular weight is 292 g/mol. The number of para-hydroxylation sites is 1. The molecule has 22 heavy (non-hydrogen) atoms. The van der Waals surface area contributed by atoms with E-state index < -0.39 is 0 Å². The lowest BCUT2D eigenvalue weighted by molar-refractivity contribution is 0.853. The molecule has 3 heterocycles. The van der Waals surface area contributed by atoms with Gasteiger partial charge in [0, 0.05) is 24.7 Å². The van der Waals surface area contributed by atoms with Crippen LogP contribution in [0.25, 0.3) is 10.9 Å². The van der Waals surface area contributed by atoms with Gasteiger partial charge in [-0.2, -0.15) is 10.1 Å². The molecule has 1 saturated heterocycles. The highest BCUT2D eigenvalue weighted by Crippen LogP contribution is 2.24. The zero-order valence-electron chi connectivity index (χ0n) is 12.1. The van der Waals surface area contributed by atoms with E-state index in [1.807, 2.05) is 30.3 Å². The quantitative estimate of drug-likeness (QED) is 0.800. The van der Waals surface area contributed by atoms with E-state index in [-0.39, 0.29) is 0 Å². The number of anilines is 3. The Kier molecular flexibility index (Phi) is 3.27. The van der Waals surface area contributed by atoms with E-state index in [1.165, 1.54) is 12.8 Å². The van der Waals surface area contributed by atoms with Crippen LogP contribution < -0.4 is 10.2 Å². The van der Waals surface area contributed by atoms with Crippen LogP contribution in [0.2, 0.25) is 0 Å². The molecular formula is C16H16N6. The van der Waals surface area contributed by atoms with Crippen molar-refractivity contribution in [3.8, 4) is 0 Å². The minimum atomic E-state index is 0.690. The van der Waals surface area contributed by atoms with Crippen LogP contribution in [0.1, 0.15) is 12.8 Å². The molecule has 0 saturated carbocycles. The van der Waals surface area contributed by atoms with Gasteiger partial charge in [0.15, 0.2) is 5.82 Å². The van der Waals surface area contributed by atoms with E-state index in [1.54, 1.807) is 12.4 Å². The molecule has 0 amide bonds. The molecular weight excluding hydrogens is 276 g/mol. The van der Waals surface area contributed by atoms with Gasteiger partial charge in [0.1, 0.15) is 0 Å². The fourth-order valence-electron chi connectivity index (χ4n) is 2.75. The highest BCUT2D eigenvalue weighted by atomic mass is 15.3. The van der Waals surface area contributed by atoms with Gasteiger partial charge in [-0.3, -0.25) is 4.98 Å². The summed E-state index contributed by atoms with van der Waals surface area (Å²) in [6.07, 6.45) is 5.81. The summed E-state index contributed by atoms with van der Waals surface area (Å²) in [7, 11) is 0. The SMILES string of the molecule is c1cnc2c(Nc3cnnc(N4CCCC4)n3)cccc2c1. The van der Waals surface area contributed by atoms with Gasteiger partial charge in [-0.05, 0) is 25.0 Å². The van der Waals surface area contributed by atoms with Crippen molar-refractivity contribution in [1.29, 1.82) is 0 Å². The molecule has 6 nitrogen and oxygen atoms in total. The summed E-state index contributed by atoms with van der Waals surface area (Å²) in [5, 5.41) is 12.6. The number of pyridine rings is 1. The number of nitrogens with one attached hydrogen (secondary N) is 1. The van der Waals surface area contributed by atoms with Gasteiger partial charge < -0.3 is 10.2 Å². The van der Waals surface area contributed by atoms with Crippen molar-refractivity contribution in [2.45, 2.75) is 12.8 Å². The van der Waals surface area contributed by atoms with Crippen LogP contribution in [0.3, 0.4) is 0 Å². The van der Waals surface area contributed by atoms with Gasteiger partial charge in [-0.25, -0.2) is 0 Å². The lowest BCUT2D eigenvalue weighted by Crippen LogP contribution is -2.21. The smallest absolute Gasteiger partial charge is 0.247 e. The number of nitrogens with zero attached hydrogens (tertiary/aromatic N) is 5. The highest BCUT2D eigenvalue weighted by molar-refractivity contribution is 5.91. The Hall–Kier alpha value is -2.76. The second-order valence-corrected chi connectivity index (χ2v) is 5.34. The van der Waals surface area contributed by atoms with Crippen molar-refractivity contribution in [2.24, 2.45) is 0 Å². The third-order valence-electron chi connectivity index (χ3n) is 3.83. The monoisotopic (exact) mass is 292 g/mol. The lowest BCUT2D eigenvalue weighted by Gasteiger charge is -2.15. The van der Waals surface area contributed by atoms with Gasteiger partial charge in [0.2, 0.25) is 5.95 Å². The first-order valence-electron chi connectivity index (χ1n) is 7.45. The molecule has 0 atom stereocenters. The summed E-state index contributed by atoms with van der Waals surface area (Å²) in [6, 6.07) is 10.0. The predicted octanol–water partition coefficient (Wildman–Crippen LogP) is 2.76. The van der Waals surface area contributed by atoms with Crippen molar-refractivity contribution < 1.29 is 0 Å². The van der Waals surface area contributed by atoms with E-state index in [4.69, 9.17) is 0 Å². The van der Waals surface area contributed by atoms with Gasteiger partial charge >= 0.3 is 0 Å². The minimum Gasteiger partial charge on any atom is -0.339 e. The van der Waals surface area contributed by atoms with E-state index in [2.05, 4.69) is 30.4 Å². The zero-order valence-corrected chi connectivity index (χ0v) is 12.1. The summed E-state index contributed by atoms with van der Waals surface area (Å²) < 4.78 is 0. The Morgan fingerprint density at radius 2 is 1.91 bits per heavy atom. The van der Waals surface area contributed by atoms with Gasteiger partial charge in [0.05, 0.1) is 17.4 Å². The topological polar surface area (TPSA) is 66.8 Å². The second kappa shape index (κ2) is 5.55. The van der Waals surface area contributed by atoms with E-state index in [9.17, 15) is 0 Å². The number of rotatable bonds is 3. The fraction of sp³-hybridized carbons (Fsp3) is 0.250. The fourth-order valence-corrected chi connectivity index (χ4v) is 2.75. The highest BCUT2D eigenvalue weighted by Gasteiger charge is 2.15. The number of hydrogen-bond acceptors (Lipinski definition) is 6. The van der Waals surface area contributed by atoms with E-state index in [0.29, 0.717) is 11.8 Å². The molecule has 0 radical (unpaired) electrons. The molecule has 1 aliphatic rings. The average Bonchev–Trinajstić information content (AvgIpc) is 3.10. The third-order valence-corrected chi connectivity index (χ3v) is 3.83. The van der Waals surface area contributed by atoms with Crippen LogP contribution in [0.4, 0.5) is 17.5 Å². The molecule has 2 aromatic heterocycles.